The zero-order valence-corrected chi connectivity index (χ0v) is 20.3. The first-order valence-electron chi connectivity index (χ1n) is 10.4. The van der Waals surface area contributed by atoms with E-state index in [-0.39, 0.29) is 18.3 Å². The minimum absolute atomic E-state index is 0.0626. The largest absolute Gasteiger partial charge is 0.468 e. The summed E-state index contributed by atoms with van der Waals surface area (Å²) >= 11 is 13.9. The van der Waals surface area contributed by atoms with Crippen molar-refractivity contribution >= 4 is 56.3 Å². The quantitative estimate of drug-likeness (QED) is 0.266. The summed E-state index contributed by atoms with van der Waals surface area (Å²) in [6.45, 7) is 2.13. The summed E-state index contributed by atoms with van der Waals surface area (Å²) in [5.74, 6) is 0.0495. The summed E-state index contributed by atoms with van der Waals surface area (Å²) < 4.78 is 8.30. The van der Waals surface area contributed by atoms with Crippen molar-refractivity contribution in [2.75, 3.05) is 5.32 Å². The first kappa shape index (κ1) is 22.4. The van der Waals surface area contributed by atoms with Gasteiger partial charge in [-0.2, -0.15) is 5.10 Å². The maximum atomic E-state index is 12.6. The summed E-state index contributed by atoms with van der Waals surface area (Å²) in [6.07, 6.45) is 1.65. The fourth-order valence-corrected chi connectivity index (χ4v) is 4.93. The molecule has 5 rings (SSSR count). The molecular formula is C25H18Cl2N4O2S. The lowest BCUT2D eigenvalue weighted by molar-refractivity contribution is 0.102. The van der Waals surface area contributed by atoms with Crippen LogP contribution in [-0.2, 0) is 6.73 Å². The zero-order chi connectivity index (χ0) is 23.7. The highest BCUT2D eigenvalue weighted by Crippen LogP contribution is 2.33. The molecule has 0 aliphatic heterocycles. The van der Waals surface area contributed by atoms with Gasteiger partial charge in [0, 0.05) is 17.4 Å². The summed E-state index contributed by atoms with van der Waals surface area (Å²) in [5.41, 5.74) is 4.12. The Kier molecular flexibility index (Phi) is 6.24. The number of rotatable bonds is 6. The molecule has 34 heavy (non-hydrogen) atoms. The van der Waals surface area contributed by atoms with Gasteiger partial charge in [-0.1, -0.05) is 35.3 Å². The Hall–Kier alpha value is -3.39. The fourth-order valence-electron chi connectivity index (χ4n) is 3.35. The van der Waals surface area contributed by atoms with Crippen LogP contribution in [0.25, 0.3) is 20.8 Å². The van der Waals surface area contributed by atoms with Crippen LogP contribution in [-0.4, -0.2) is 20.7 Å². The summed E-state index contributed by atoms with van der Waals surface area (Å²) in [7, 11) is 0. The highest BCUT2D eigenvalue weighted by Gasteiger charge is 2.12. The molecule has 1 amide bonds. The lowest BCUT2D eigenvalue weighted by atomic mass is 10.2. The average molecular weight is 509 g/mol. The molecule has 0 radical (unpaired) electrons. The molecule has 0 bridgehead atoms. The van der Waals surface area contributed by atoms with Gasteiger partial charge in [-0.05, 0) is 67.1 Å². The molecule has 3 aromatic carbocycles. The number of fused-ring (bicyclic) bond motifs is 1. The molecule has 170 valence electrons. The Labute approximate surface area is 209 Å². The van der Waals surface area contributed by atoms with Crippen LogP contribution in [0.15, 0.2) is 72.9 Å². The van der Waals surface area contributed by atoms with Gasteiger partial charge in [0.05, 0.1) is 20.3 Å². The van der Waals surface area contributed by atoms with Crippen LogP contribution in [0.2, 0.25) is 10.0 Å². The van der Waals surface area contributed by atoms with Gasteiger partial charge in [-0.15, -0.1) is 11.3 Å². The second-order valence-electron chi connectivity index (χ2n) is 7.59. The van der Waals surface area contributed by atoms with Gasteiger partial charge in [-0.3, -0.25) is 4.79 Å². The topological polar surface area (TPSA) is 69.0 Å². The molecule has 0 saturated carbocycles. The number of amides is 1. The summed E-state index contributed by atoms with van der Waals surface area (Å²) in [5, 5.41) is 8.87. The fraction of sp³-hybridized carbons (Fsp3) is 0.0800. The van der Waals surface area contributed by atoms with E-state index in [9.17, 15) is 4.79 Å². The highest BCUT2D eigenvalue weighted by molar-refractivity contribution is 7.21. The first-order chi connectivity index (χ1) is 16.5. The molecule has 1 N–H and O–H groups in total. The van der Waals surface area contributed by atoms with Crippen LogP contribution in [0.4, 0.5) is 5.69 Å². The van der Waals surface area contributed by atoms with Gasteiger partial charge in [0.1, 0.15) is 5.01 Å². The van der Waals surface area contributed by atoms with Crippen molar-refractivity contribution in [1.29, 1.82) is 0 Å². The molecule has 2 aromatic heterocycles. The number of hydrogen-bond donors (Lipinski definition) is 1. The highest BCUT2D eigenvalue weighted by atomic mass is 35.5. The van der Waals surface area contributed by atoms with E-state index >= 15 is 0 Å². The van der Waals surface area contributed by atoms with Crippen LogP contribution in [0.5, 0.6) is 5.75 Å². The molecule has 5 aromatic rings. The lowest BCUT2D eigenvalue weighted by Crippen LogP contribution is -2.14. The maximum Gasteiger partial charge on any atom is 0.276 e. The summed E-state index contributed by atoms with van der Waals surface area (Å²) in [4.78, 5) is 17.3. The van der Waals surface area contributed by atoms with E-state index in [2.05, 4.69) is 29.5 Å². The van der Waals surface area contributed by atoms with Crippen molar-refractivity contribution in [3.8, 4) is 16.3 Å². The Bertz CT molecular complexity index is 1470. The van der Waals surface area contributed by atoms with E-state index in [0.717, 1.165) is 20.8 Å². The van der Waals surface area contributed by atoms with Gasteiger partial charge in [0.15, 0.2) is 18.2 Å². The van der Waals surface area contributed by atoms with E-state index in [1.54, 1.807) is 41.8 Å². The molecule has 0 aliphatic rings. The number of carbonyl (C=O) groups excluding carboxylic acids is 1. The number of carbonyl (C=O) groups is 1. The normalized spacial score (nSPS) is 11.0. The van der Waals surface area contributed by atoms with Gasteiger partial charge in [0.2, 0.25) is 0 Å². The van der Waals surface area contributed by atoms with Gasteiger partial charge >= 0.3 is 0 Å². The second kappa shape index (κ2) is 9.46. The Morgan fingerprint density at radius 2 is 1.82 bits per heavy atom. The Balaban J connectivity index is 1.23. The summed E-state index contributed by atoms with van der Waals surface area (Å²) in [6, 6.07) is 20.6. The standard InChI is InChI=1S/C25H18Cl2N4O2S/c1-15-5-10-20-22(13-15)34-25(29-20)16-6-8-17(9-7-16)28-24(32)21-11-12-31(30-21)14-33-23-18(26)3-2-4-19(23)27/h2-13H,14H2,1H3,(H,28,32). The van der Waals surface area contributed by atoms with E-state index in [4.69, 9.17) is 32.9 Å². The van der Waals surface area contributed by atoms with E-state index < -0.39 is 0 Å². The second-order valence-corrected chi connectivity index (χ2v) is 9.43. The van der Waals surface area contributed by atoms with Gasteiger partial charge in [0.25, 0.3) is 5.91 Å². The number of nitrogens with zero attached hydrogens (tertiary/aromatic N) is 3. The minimum atomic E-state index is -0.322. The van der Waals surface area contributed by atoms with Crippen LogP contribution in [0.3, 0.4) is 0 Å². The molecule has 0 fully saturated rings. The molecule has 0 atom stereocenters. The van der Waals surface area contributed by atoms with E-state index in [1.165, 1.54) is 10.2 Å². The van der Waals surface area contributed by atoms with Crippen molar-refractivity contribution in [3.05, 3.63) is 94.2 Å². The molecule has 0 aliphatic carbocycles. The monoisotopic (exact) mass is 508 g/mol. The number of thiazole rings is 1. The molecule has 2 heterocycles. The van der Waals surface area contributed by atoms with E-state index in [0.29, 0.717) is 21.5 Å². The SMILES string of the molecule is Cc1ccc2nc(-c3ccc(NC(=O)c4ccn(COc5c(Cl)cccc5Cl)n4)cc3)sc2c1. The predicted molar refractivity (Wildman–Crippen MR) is 137 cm³/mol. The third-order valence-electron chi connectivity index (χ3n) is 5.07. The minimum Gasteiger partial charge on any atom is -0.468 e. The van der Waals surface area contributed by atoms with Crippen molar-refractivity contribution in [1.82, 2.24) is 14.8 Å². The number of para-hydroxylation sites is 1. The Morgan fingerprint density at radius 3 is 2.59 bits per heavy atom. The third-order valence-corrected chi connectivity index (χ3v) is 6.73. The van der Waals surface area contributed by atoms with Crippen LogP contribution in [0, 0.1) is 6.92 Å². The number of benzene rings is 3. The van der Waals surface area contributed by atoms with Crippen molar-refractivity contribution in [2.45, 2.75) is 13.7 Å². The number of aromatic nitrogens is 3. The van der Waals surface area contributed by atoms with Crippen LogP contribution < -0.4 is 10.1 Å². The number of anilines is 1. The van der Waals surface area contributed by atoms with Crippen LogP contribution >= 0.6 is 34.5 Å². The number of halogens is 2. The number of nitrogens with one attached hydrogen (secondary N) is 1. The van der Waals surface area contributed by atoms with Crippen molar-refractivity contribution in [3.63, 3.8) is 0 Å². The molecular weight excluding hydrogens is 491 g/mol. The van der Waals surface area contributed by atoms with Crippen molar-refractivity contribution in [2.24, 2.45) is 0 Å². The van der Waals surface area contributed by atoms with Gasteiger partial charge in [-0.25, -0.2) is 9.67 Å². The van der Waals surface area contributed by atoms with Crippen LogP contribution in [0.1, 0.15) is 16.1 Å². The number of hydrogen-bond acceptors (Lipinski definition) is 5. The average Bonchev–Trinajstić information content (AvgIpc) is 3.46. The predicted octanol–water partition coefficient (Wildman–Crippen LogP) is 7.06. The molecule has 0 saturated heterocycles. The number of ether oxygens (including phenoxy) is 1. The molecule has 0 spiro atoms. The molecule has 0 unspecified atom stereocenters. The Morgan fingerprint density at radius 1 is 1.06 bits per heavy atom. The molecule has 9 heteroatoms. The first-order valence-corrected chi connectivity index (χ1v) is 11.9. The third kappa shape index (κ3) is 4.77. The van der Waals surface area contributed by atoms with E-state index in [1.807, 2.05) is 30.3 Å². The smallest absolute Gasteiger partial charge is 0.276 e. The van der Waals surface area contributed by atoms with Crippen molar-refractivity contribution < 1.29 is 9.53 Å². The number of aryl methyl sites for hydroxylation is 1. The van der Waals surface area contributed by atoms with Gasteiger partial charge < -0.3 is 10.1 Å². The lowest BCUT2D eigenvalue weighted by Gasteiger charge is -2.09. The zero-order valence-electron chi connectivity index (χ0n) is 18.0. The maximum absolute atomic E-state index is 12.6. The molecule has 6 nitrogen and oxygen atoms in total.